The number of carbonyl (C=O) groups excluding carboxylic acids is 1. The summed E-state index contributed by atoms with van der Waals surface area (Å²) in [5, 5.41) is 1.73. The fraction of sp³-hybridized carbons (Fsp3) is 0.312. The summed E-state index contributed by atoms with van der Waals surface area (Å²) in [6.07, 6.45) is 2.51. The van der Waals surface area contributed by atoms with Crippen LogP contribution in [0.1, 0.15) is 30.8 Å². The fourth-order valence-corrected chi connectivity index (χ4v) is 3.74. The minimum absolute atomic E-state index is 0.0103. The fourth-order valence-electron chi connectivity index (χ4n) is 2.13. The topological polar surface area (TPSA) is 76.4 Å². The molecule has 0 aliphatic heterocycles. The van der Waals surface area contributed by atoms with Gasteiger partial charge in [-0.2, -0.15) is 0 Å². The number of hydrogen-bond donors (Lipinski definition) is 1. The van der Waals surface area contributed by atoms with E-state index < -0.39 is 15.1 Å². The minimum atomic E-state index is -3.64. The number of hydrogen-bond acceptors (Lipinski definition) is 4. The van der Waals surface area contributed by atoms with Gasteiger partial charge in [0.2, 0.25) is 5.91 Å². The van der Waals surface area contributed by atoms with Gasteiger partial charge < -0.3 is 9.73 Å². The molecule has 0 aliphatic rings. The summed E-state index contributed by atoms with van der Waals surface area (Å²) in [5.74, 6) is 0.156. The van der Waals surface area contributed by atoms with Gasteiger partial charge >= 0.3 is 0 Å². The van der Waals surface area contributed by atoms with Crippen LogP contribution in [-0.2, 0) is 14.6 Å². The Balaban J connectivity index is 2.27. The van der Waals surface area contributed by atoms with Crippen LogP contribution >= 0.6 is 0 Å². The Kier molecular flexibility index (Phi) is 5.38. The molecule has 2 rings (SSSR count). The third kappa shape index (κ3) is 3.76. The van der Waals surface area contributed by atoms with Crippen molar-refractivity contribution < 1.29 is 17.6 Å². The number of benzene rings is 1. The van der Waals surface area contributed by atoms with Crippen LogP contribution in [0.5, 0.6) is 0 Å². The van der Waals surface area contributed by atoms with E-state index >= 15 is 0 Å². The lowest BCUT2D eigenvalue weighted by molar-refractivity contribution is -0.121. The van der Waals surface area contributed by atoms with E-state index in [1.165, 1.54) is 6.26 Å². The molecule has 0 saturated heterocycles. The molecule has 1 atom stereocenters. The zero-order chi connectivity index (χ0) is 16.0. The number of amides is 1. The molecular weight excluding hydrogens is 302 g/mol. The Morgan fingerprint density at radius 2 is 1.91 bits per heavy atom. The average molecular weight is 321 g/mol. The second-order valence-corrected chi connectivity index (χ2v) is 7.05. The molecule has 1 N–H and O–H groups in total. The summed E-state index contributed by atoms with van der Waals surface area (Å²) < 4.78 is 30.8. The molecule has 0 radical (unpaired) electrons. The third-order valence-corrected chi connectivity index (χ3v) is 5.35. The molecule has 0 aliphatic carbocycles. The maximum absolute atomic E-state index is 12.8. The molecule has 5 nitrogen and oxygen atoms in total. The van der Waals surface area contributed by atoms with Gasteiger partial charge in [-0.15, -0.1) is 0 Å². The SMILES string of the molecule is CCCC(=O)NCC(c1ccco1)S(=O)(=O)c1ccccc1. The molecule has 2 aromatic rings. The Hall–Kier alpha value is -2.08. The predicted molar refractivity (Wildman–Crippen MR) is 83.0 cm³/mol. The first kappa shape index (κ1) is 16.3. The van der Waals surface area contributed by atoms with Crippen molar-refractivity contribution in [2.75, 3.05) is 6.54 Å². The molecule has 1 amide bonds. The molecule has 1 aromatic heterocycles. The van der Waals surface area contributed by atoms with E-state index in [9.17, 15) is 13.2 Å². The van der Waals surface area contributed by atoms with Crippen molar-refractivity contribution >= 4 is 15.7 Å². The molecule has 0 spiro atoms. The largest absolute Gasteiger partial charge is 0.468 e. The summed E-state index contributed by atoms with van der Waals surface area (Å²) in [5.41, 5.74) is 0. The van der Waals surface area contributed by atoms with Crippen LogP contribution in [0, 0.1) is 0 Å². The monoisotopic (exact) mass is 321 g/mol. The van der Waals surface area contributed by atoms with E-state index in [2.05, 4.69) is 5.32 Å². The molecule has 1 heterocycles. The van der Waals surface area contributed by atoms with Crippen LogP contribution in [0.25, 0.3) is 0 Å². The summed E-state index contributed by atoms with van der Waals surface area (Å²) in [6, 6.07) is 11.4. The van der Waals surface area contributed by atoms with Crippen molar-refractivity contribution in [1.82, 2.24) is 5.32 Å². The number of furan rings is 1. The highest BCUT2D eigenvalue weighted by atomic mass is 32.2. The summed E-state index contributed by atoms with van der Waals surface area (Å²) >= 11 is 0. The minimum Gasteiger partial charge on any atom is -0.468 e. The summed E-state index contributed by atoms with van der Waals surface area (Å²) in [6.45, 7) is 1.88. The van der Waals surface area contributed by atoms with Crippen molar-refractivity contribution in [1.29, 1.82) is 0 Å². The van der Waals surface area contributed by atoms with E-state index in [0.29, 0.717) is 18.6 Å². The second-order valence-electron chi connectivity index (χ2n) is 4.92. The molecule has 1 aromatic carbocycles. The van der Waals surface area contributed by atoms with E-state index in [0.717, 1.165) is 0 Å². The highest BCUT2D eigenvalue weighted by molar-refractivity contribution is 7.91. The van der Waals surface area contributed by atoms with Gasteiger partial charge in [-0.05, 0) is 30.7 Å². The number of nitrogens with one attached hydrogen (secondary N) is 1. The summed E-state index contributed by atoms with van der Waals surface area (Å²) in [4.78, 5) is 11.9. The van der Waals surface area contributed by atoms with Gasteiger partial charge in [0.15, 0.2) is 9.84 Å². The van der Waals surface area contributed by atoms with Crippen molar-refractivity contribution in [3.63, 3.8) is 0 Å². The van der Waals surface area contributed by atoms with Gasteiger partial charge in [0.1, 0.15) is 11.0 Å². The van der Waals surface area contributed by atoms with Crippen molar-refractivity contribution in [2.45, 2.75) is 29.9 Å². The lowest BCUT2D eigenvalue weighted by atomic mass is 10.3. The van der Waals surface area contributed by atoms with Crippen LogP contribution < -0.4 is 5.32 Å². The van der Waals surface area contributed by atoms with Gasteiger partial charge in [-0.3, -0.25) is 4.79 Å². The Bertz CT molecular complexity index is 693. The molecule has 0 bridgehead atoms. The van der Waals surface area contributed by atoms with Crippen LogP contribution in [-0.4, -0.2) is 20.9 Å². The van der Waals surface area contributed by atoms with E-state index in [1.54, 1.807) is 42.5 Å². The molecule has 0 fully saturated rings. The second kappa shape index (κ2) is 7.26. The third-order valence-electron chi connectivity index (χ3n) is 3.27. The van der Waals surface area contributed by atoms with Gasteiger partial charge in [-0.1, -0.05) is 25.1 Å². The van der Waals surface area contributed by atoms with Crippen molar-refractivity contribution in [2.24, 2.45) is 0 Å². The number of carbonyl (C=O) groups is 1. The molecule has 6 heteroatoms. The van der Waals surface area contributed by atoms with E-state index in [-0.39, 0.29) is 17.3 Å². The highest BCUT2D eigenvalue weighted by Gasteiger charge is 2.31. The smallest absolute Gasteiger partial charge is 0.220 e. The maximum Gasteiger partial charge on any atom is 0.220 e. The first-order valence-corrected chi connectivity index (χ1v) is 8.69. The molecule has 0 saturated carbocycles. The van der Waals surface area contributed by atoms with Crippen molar-refractivity contribution in [3.8, 4) is 0 Å². The standard InChI is InChI=1S/C16H19NO4S/c1-2-7-16(18)17-12-15(14-10-6-11-21-14)22(19,20)13-8-4-3-5-9-13/h3-6,8-11,15H,2,7,12H2,1H3,(H,17,18). The quantitative estimate of drug-likeness (QED) is 0.850. The lowest BCUT2D eigenvalue weighted by Crippen LogP contribution is -2.31. The van der Waals surface area contributed by atoms with E-state index in [4.69, 9.17) is 4.42 Å². The van der Waals surface area contributed by atoms with Crippen LogP contribution in [0.15, 0.2) is 58.0 Å². The molecule has 118 valence electrons. The Morgan fingerprint density at radius 3 is 2.50 bits per heavy atom. The first-order chi connectivity index (χ1) is 10.6. The van der Waals surface area contributed by atoms with Crippen LogP contribution in [0.3, 0.4) is 0 Å². The van der Waals surface area contributed by atoms with Gasteiger partial charge in [-0.25, -0.2) is 8.42 Å². The molecule has 1 unspecified atom stereocenters. The number of sulfone groups is 1. The maximum atomic E-state index is 12.8. The zero-order valence-electron chi connectivity index (χ0n) is 12.4. The summed E-state index contributed by atoms with van der Waals surface area (Å²) in [7, 11) is -3.64. The van der Waals surface area contributed by atoms with E-state index in [1.807, 2.05) is 6.92 Å². The van der Waals surface area contributed by atoms with Crippen LogP contribution in [0.2, 0.25) is 0 Å². The molecular formula is C16H19NO4S. The first-order valence-electron chi connectivity index (χ1n) is 7.14. The van der Waals surface area contributed by atoms with Gasteiger partial charge in [0, 0.05) is 13.0 Å². The van der Waals surface area contributed by atoms with Crippen LogP contribution in [0.4, 0.5) is 0 Å². The lowest BCUT2D eigenvalue weighted by Gasteiger charge is -2.16. The zero-order valence-corrected chi connectivity index (χ0v) is 13.2. The molecule has 22 heavy (non-hydrogen) atoms. The van der Waals surface area contributed by atoms with Crippen molar-refractivity contribution in [3.05, 3.63) is 54.5 Å². The number of rotatable bonds is 7. The van der Waals surface area contributed by atoms with Gasteiger partial charge in [0.25, 0.3) is 0 Å². The normalized spacial score (nSPS) is 12.8. The highest BCUT2D eigenvalue weighted by Crippen LogP contribution is 2.28. The Labute approximate surface area is 130 Å². The predicted octanol–water partition coefficient (Wildman–Crippen LogP) is 2.71. The van der Waals surface area contributed by atoms with Gasteiger partial charge in [0.05, 0.1) is 11.2 Å². The Morgan fingerprint density at radius 1 is 1.18 bits per heavy atom. The average Bonchev–Trinajstić information content (AvgIpc) is 3.02.